The monoisotopic (exact) mass is 287 g/mol. The summed E-state index contributed by atoms with van der Waals surface area (Å²) in [5.74, 6) is 0.102. The van der Waals surface area contributed by atoms with E-state index in [0.717, 1.165) is 10.9 Å². The number of methoxy groups -OCH3 is 1. The molecule has 0 aliphatic carbocycles. The van der Waals surface area contributed by atoms with Gasteiger partial charge in [0, 0.05) is 4.47 Å². The molecule has 0 spiro atoms. The Morgan fingerprint density at radius 3 is 2.88 bits per heavy atom. The molecule has 0 saturated carbocycles. The average molecular weight is 288 g/mol. The van der Waals surface area contributed by atoms with Crippen LogP contribution in [0.4, 0.5) is 0 Å². The maximum absolute atomic E-state index is 11.4. The number of benzene rings is 1. The van der Waals surface area contributed by atoms with E-state index in [1.165, 1.54) is 7.11 Å². The molecular formula is C11H14BrNO3. The first-order valence-corrected chi connectivity index (χ1v) is 5.69. The van der Waals surface area contributed by atoms with Crippen molar-refractivity contribution in [1.29, 1.82) is 0 Å². The lowest BCUT2D eigenvalue weighted by Gasteiger charge is -2.10. The minimum absolute atomic E-state index is 0.407. The zero-order valence-electron chi connectivity index (χ0n) is 9.03. The average Bonchev–Trinajstić information content (AvgIpc) is 2.29. The highest BCUT2D eigenvalue weighted by Gasteiger charge is 2.13. The van der Waals surface area contributed by atoms with Gasteiger partial charge in [-0.2, -0.15) is 0 Å². The molecule has 0 heterocycles. The summed E-state index contributed by atoms with van der Waals surface area (Å²) in [5, 5.41) is 0. The topological polar surface area (TPSA) is 61.5 Å². The Balaban J connectivity index is 2.85. The van der Waals surface area contributed by atoms with Gasteiger partial charge in [0.1, 0.15) is 11.3 Å². The van der Waals surface area contributed by atoms with Crippen LogP contribution >= 0.6 is 15.9 Å². The summed E-state index contributed by atoms with van der Waals surface area (Å²) in [6.07, 6.45) is 0.743. The van der Waals surface area contributed by atoms with E-state index in [4.69, 9.17) is 10.5 Å². The third-order valence-electron chi connectivity index (χ3n) is 1.95. The predicted octanol–water partition coefficient (Wildman–Crippen LogP) is 1.96. The number of hydrogen-bond acceptors (Lipinski definition) is 4. The molecule has 0 atom stereocenters. The molecule has 0 fully saturated rings. The first-order chi connectivity index (χ1) is 7.69. The highest BCUT2D eigenvalue weighted by atomic mass is 79.9. The standard InChI is InChI=1S/C11H14BrNO3/c1-15-11(14)9-4-3-8(12)7-10(9)16-6-2-5-13/h3-4,7H,2,5-6,13H2,1H3. The lowest BCUT2D eigenvalue weighted by atomic mass is 10.2. The maximum Gasteiger partial charge on any atom is 0.341 e. The molecule has 4 nitrogen and oxygen atoms in total. The van der Waals surface area contributed by atoms with Crippen molar-refractivity contribution >= 4 is 21.9 Å². The molecule has 88 valence electrons. The van der Waals surface area contributed by atoms with Gasteiger partial charge in [-0.05, 0) is 31.2 Å². The van der Waals surface area contributed by atoms with E-state index in [1.54, 1.807) is 18.2 Å². The molecule has 0 aromatic heterocycles. The van der Waals surface area contributed by atoms with E-state index in [0.29, 0.717) is 24.5 Å². The number of hydrogen-bond donors (Lipinski definition) is 1. The molecule has 0 amide bonds. The Bertz CT molecular complexity index is 368. The predicted molar refractivity (Wildman–Crippen MR) is 64.6 cm³/mol. The smallest absolute Gasteiger partial charge is 0.341 e. The van der Waals surface area contributed by atoms with Crippen LogP contribution in [0.1, 0.15) is 16.8 Å². The van der Waals surface area contributed by atoms with Crippen LogP contribution in [0.25, 0.3) is 0 Å². The third kappa shape index (κ3) is 3.50. The molecule has 0 aliphatic rings. The molecule has 0 aliphatic heterocycles. The van der Waals surface area contributed by atoms with Crippen LogP contribution in [-0.2, 0) is 4.74 Å². The van der Waals surface area contributed by atoms with Crippen molar-refractivity contribution in [2.75, 3.05) is 20.3 Å². The second kappa shape index (κ2) is 6.50. The van der Waals surface area contributed by atoms with Crippen molar-refractivity contribution < 1.29 is 14.3 Å². The zero-order chi connectivity index (χ0) is 12.0. The molecule has 1 rings (SSSR count). The van der Waals surface area contributed by atoms with Crippen LogP contribution in [0.3, 0.4) is 0 Å². The fourth-order valence-electron chi connectivity index (χ4n) is 1.16. The number of carbonyl (C=O) groups excluding carboxylic acids is 1. The van der Waals surface area contributed by atoms with Crippen LogP contribution in [0.15, 0.2) is 22.7 Å². The van der Waals surface area contributed by atoms with E-state index in [-0.39, 0.29) is 0 Å². The van der Waals surface area contributed by atoms with Crippen molar-refractivity contribution in [3.63, 3.8) is 0 Å². The van der Waals surface area contributed by atoms with Crippen molar-refractivity contribution in [1.82, 2.24) is 0 Å². The SMILES string of the molecule is COC(=O)c1ccc(Br)cc1OCCCN. The Labute approximate surface area is 103 Å². The van der Waals surface area contributed by atoms with Crippen LogP contribution < -0.4 is 10.5 Å². The second-order valence-electron chi connectivity index (χ2n) is 3.12. The van der Waals surface area contributed by atoms with Crippen molar-refractivity contribution in [2.24, 2.45) is 5.73 Å². The quantitative estimate of drug-likeness (QED) is 0.664. The van der Waals surface area contributed by atoms with Gasteiger partial charge in [-0.15, -0.1) is 0 Å². The first-order valence-electron chi connectivity index (χ1n) is 4.89. The van der Waals surface area contributed by atoms with Gasteiger partial charge in [-0.1, -0.05) is 15.9 Å². The summed E-state index contributed by atoms with van der Waals surface area (Å²) >= 11 is 3.32. The van der Waals surface area contributed by atoms with E-state index in [1.807, 2.05) is 0 Å². The summed E-state index contributed by atoms with van der Waals surface area (Å²) in [6.45, 7) is 1.04. The van der Waals surface area contributed by atoms with Gasteiger partial charge < -0.3 is 15.2 Å². The summed E-state index contributed by atoms with van der Waals surface area (Å²) in [6, 6.07) is 5.17. The highest BCUT2D eigenvalue weighted by molar-refractivity contribution is 9.10. The van der Waals surface area contributed by atoms with E-state index in [2.05, 4.69) is 20.7 Å². The van der Waals surface area contributed by atoms with Gasteiger partial charge >= 0.3 is 5.97 Å². The fraction of sp³-hybridized carbons (Fsp3) is 0.364. The molecule has 1 aromatic rings. The summed E-state index contributed by atoms with van der Waals surface area (Å²) in [5.41, 5.74) is 5.78. The van der Waals surface area contributed by atoms with Crippen molar-refractivity contribution in [2.45, 2.75) is 6.42 Å². The van der Waals surface area contributed by atoms with Crippen molar-refractivity contribution in [3.05, 3.63) is 28.2 Å². The first kappa shape index (κ1) is 13.0. The van der Waals surface area contributed by atoms with E-state index < -0.39 is 5.97 Å². The number of esters is 1. The van der Waals surface area contributed by atoms with Gasteiger partial charge in [-0.3, -0.25) is 0 Å². The Hall–Kier alpha value is -1.07. The Morgan fingerprint density at radius 2 is 2.25 bits per heavy atom. The maximum atomic E-state index is 11.4. The largest absolute Gasteiger partial charge is 0.493 e. The van der Waals surface area contributed by atoms with Crippen LogP contribution in [0.5, 0.6) is 5.75 Å². The summed E-state index contributed by atoms with van der Waals surface area (Å²) < 4.78 is 11.0. The Morgan fingerprint density at radius 1 is 1.50 bits per heavy atom. The fourth-order valence-corrected chi connectivity index (χ4v) is 1.50. The minimum Gasteiger partial charge on any atom is -0.493 e. The Kier molecular flexibility index (Phi) is 5.28. The van der Waals surface area contributed by atoms with Gasteiger partial charge in [0.25, 0.3) is 0 Å². The van der Waals surface area contributed by atoms with Gasteiger partial charge in [0.15, 0.2) is 0 Å². The van der Waals surface area contributed by atoms with Crippen LogP contribution in [0, 0.1) is 0 Å². The number of carbonyl (C=O) groups is 1. The van der Waals surface area contributed by atoms with E-state index >= 15 is 0 Å². The molecule has 16 heavy (non-hydrogen) atoms. The van der Waals surface area contributed by atoms with Crippen LogP contribution in [0.2, 0.25) is 0 Å². The molecule has 0 saturated heterocycles. The normalized spacial score (nSPS) is 9.94. The number of ether oxygens (including phenoxy) is 2. The van der Waals surface area contributed by atoms with Crippen LogP contribution in [-0.4, -0.2) is 26.2 Å². The molecule has 0 bridgehead atoms. The summed E-state index contributed by atoms with van der Waals surface area (Å²) in [4.78, 5) is 11.4. The lowest BCUT2D eigenvalue weighted by molar-refractivity contribution is 0.0596. The summed E-state index contributed by atoms with van der Waals surface area (Å²) in [7, 11) is 1.34. The third-order valence-corrected chi connectivity index (χ3v) is 2.45. The molecule has 2 N–H and O–H groups in total. The van der Waals surface area contributed by atoms with Crippen molar-refractivity contribution in [3.8, 4) is 5.75 Å². The van der Waals surface area contributed by atoms with Gasteiger partial charge in [-0.25, -0.2) is 4.79 Å². The number of halogens is 1. The molecule has 0 radical (unpaired) electrons. The molecule has 1 aromatic carbocycles. The van der Waals surface area contributed by atoms with Gasteiger partial charge in [0.2, 0.25) is 0 Å². The number of nitrogens with two attached hydrogens (primary N) is 1. The minimum atomic E-state index is -0.407. The van der Waals surface area contributed by atoms with Gasteiger partial charge in [0.05, 0.1) is 13.7 Å². The second-order valence-corrected chi connectivity index (χ2v) is 4.04. The zero-order valence-corrected chi connectivity index (χ0v) is 10.6. The molecule has 5 heteroatoms. The molecule has 0 unspecified atom stereocenters. The highest BCUT2D eigenvalue weighted by Crippen LogP contribution is 2.24. The number of rotatable bonds is 5. The van der Waals surface area contributed by atoms with E-state index in [9.17, 15) is 4.79 Å². The lowest BCUT2D eigenvalue weighted by Crippen LogP contribution is -2.09. The molecular weight excluding hydrogens is 274 g/mol.